The van der Waals surface area contributed by atoms with E-state index in [4.69, 9.17) is 9.47 Å². The minimum Gasteiger partial charge on any atom is -0.465 e. The van der Waals surface area contributed by atoms with E-state index < -0.39 is 28.6 Å². The predicted molar refractivity (Wildman–Crippen MR) is 100 cm³/mol. The molecule has 1 aromatic rings. The Morgan fingerprint density at radius 3 is 2.54 bits per heavy atom. The van der Waals surface area contributed by atoms with Crippen LogP contribution in [-0.4, -0.2) is 72.0 Å². The van der Waals surface area contributed by atoms with Crippen molar-refractivity contribution in [1.82, 2.24) is 4.90 Å². The molecule has 1 amide bonds. The summed E-state index contributed by atoms with van der Waals surface area (Å²) in [6.45, 7) is 5.83. The number of hydrogen-bond acceptors (Lipinski definition) is 8. The number of amides is 1. The van der Waals surface area contributed by atoms with Crippen molar-refractivity contribution in [2.45, 2.75) is 32.4 Å². The second-order valence-electron chi connectivity index (χ2n) is 7.41. The minimum atomic E-state index is -0.718. The average molecular weight is 395 g/mol. The van der Waals surface area contributed by atoms with Gasteiger partial charge in [-0.15, -0.1) is 0 Å². The molecule has 1 aromatic carbocycles. The number of methoxy groups -OCH3 is 1. The normalized spacial score (nSPS) is 17.2. The van der Waals surface area contributed by atoms with Gasteiger partial charge in [0, 0.05) is 31.8 Å². The summed E-state index contributed by atoms with van der Waals surface area (Å²) >= 11 is 0. The van der Waals surface area contributed by atoms with E-state index in [9.17, 15) is 24.8 Å². The number of esters is 1. The summed E-state index contributed by atoms with van der Waals surface area (Å²) in [5, 5.41) is 20.9. The number of aliphatic hydroxyl groups excluding tert-OH is 1. The van der Waals surface area contributed by atoms with Gasteiger partial charge in [0.05, 0.1) is 35.9 Å². The second kappa shape index (κ2) is 8.42. The summed E-state index contributed by atoms with van der Waals surface area (Å²) in [4.78, 5) is 38.2. The highest BCUT2D eigenvalue weighted by molar-refractivity contribution is 5.96. The fourth-order valence-corrected chi connectivity index (χ4v) is 2.98. The summed E-state index contributed by atoms with van der Waals surface area (Å²) in [7, 11) is 1.19. The smallest absolute Gasteiger partial charge is 0.410 e. The SMILES string of the molecule is COC(=O)c1cc([N+](=O)[O-])ccc1N1CCN(C(=O)OC(C)(C)C)CC1CO. The van der Waals surface area contributed by atoms with Crippen LogP contribution in [0.15, 0.2) is 18.2 Å². The lowest BCUT2D eigenvalue weighted by Crippen LogP contribution is -2.57. The summed E-state index contributed by atoms with van der Waals surface area (Å²) in [5.74, 6) is -0.718. The van der Waals surface area contributed by atoms with Crippen LogP contribution in [0.1, 0.15) is 31.1 Å². The van der Waals surface area contributed by atoms with Crippen molar-refractivity contribution in [2.24, 2.45) is 0 Å². The van der Waals surface area contributed by atoms with Crippen LogP contribution < -0.4 is 4.90 Å². The molecule has 0 saturated carbocycles. The zero-order valence-electron chi connectivity index (χ0n) is 16.4. The third kappa shape index (κ3) is 4.89. The van der Waals surface area contributed by atoms with Gasteiger partial charge in [0.1, 0.15) is 5.60 Å². The van der Waals surface area contributed by atoms with Crippen LogP contribution in [0.4, 0.5) is 16.2 Å². The first-order valence-electron chi connectivity index (χ1n) is 8.79. The summed E-state index contributed by atoms with van der Waals surface area (Å²) in [6, 6.07) is 3.38. The van der Waals surface area contributed by atoms with Gasteiger partial charge < -0.3 is 24.4 Å². The number of nitro groups is 1. The lowest BCUT2D eigenvalue weighted by Gasteiger charge is -2.42. The highest BCUT2D eigenvalue weighted by Crippen LogP contribution is 2.29. The maximum absolute atomic E-state index is 12.3. The standard InChI is InChI=1S/C18H25N3O7/c1-18(2,3)28-17(24)19-7-8-20(13(10-19)11-22)15-6-5-12(21(25)26)9-14(15)16(23)27-4/h5-6,9,13,22H,7-8,10-11H2,1-4H3. The van der Waals surface area contributed by atoms with E-state index in [1.54, 1.807) is 25.7 Å². The predicted octanol–water partition coefficient (Wildman–Crippen LogP) is 1.80. The first kappa shape index (κ1) is 21.4. The molecular weight excluding hydrogens is 370 g/mol. The molecule has 1 fully saturated rings. The summed E-state index contributed by atoms with van der Waals surface area (Å²) < 4.78 is 10.1. The molecule has 1 saturated heterocycles. The maximum Gasteiger partial charge on any atom is 0.410 e. The van der Waals surface area contributed by atoms with Gasteiger partial charge >= 0.3 is 12.1 Å². The number of anilines is 1. The Hall–Kier alpha value is -2.88. The molecule has 0 aliphatic carbocycles. The topological polar surface area (TPSA) is 122 Å². The number of hydrogen-bond donors (Lipinski definition) is 1. The van der Waals surface area contributed by atoms with Gasteiger partial charge in [-0.2, -0.15) is 0 Å². The molecule has 10 nitrogen and oxygen atoms in total. The van der Waals surface area contributed by atoms with Crippen LogP contribution in [-0.2, 0) is 9.47 Å². The quantitative estimate of drug-likeness (QED) is 0.465. The molecule has 1 aliphatic rings. The molecule has 1 unspecified atom stereocenters. The van der Waals surface area contributed by atoms with Crippen LogP contribution in [0, 0.1) is 10.1 Å². The number of non-ortho nitro benzene ring substituents is 1. The molecule has 0 spiro atoms. The van der Waals surface area contributed by atoms with Crippen LogP contribution in [0.25, 0.3) is 0 Å². The van der Waals surface area contributed by atoms with E-state index in [0.29, 0.717) is 18.8 Å². The lowest BCUT2D eigenvalue weighted by atomic mass is 10.1. The first-order chi connectivity index (χ1) is 13.1. The highest BCUT2D eigenvalue weighted by atomic mass is 16.6. The van der Waals surface area contributed by atoms with Gasteiger partial charge in [0.15, 0.2) is 0 Å². The zero-order chi connectivity index (χ0) is 21.1. The number of benzene rings is 1. The molecule has 1 atom stereocenters. The van der Waals surface area contributed by atoms with Crippen LogP contribution in [0.5, 0.6) is 0 Å². The molecule has 0 bridgehead atoms. The average Bonchev–Trinajstić information content (AvgIpc) is 2.64. The summed E-state index contributed by atoms with van der Waals surface area (Å²) in [5.41, 5.74) is -0.447. The van der Waals surface area contributed by atoms with E-state index in [1.165, 1.54) is 24.1 Å². The van der Waals surface area contributed by atoms with Crippen molar-refractivity contribution in [1.29, 1.82) is 0 Å². The maximum atomic E-state index is 12.3. The molecule has 2 rings (SSSR count). The van der Waals surface area contributed by atoms with Crippen molar-refractivity contribution in [3.8, 4) is 0 Å². The monoisotopic (exact) mass is 395 g/mol. The Morgan fingerprint density at radius 2 is 2.00 bits per heavy atom. The number of piperazine rings is 1. The van der Waals surface area contributed by atoms with Gasteiger partial charge in [-0.05, 0) is 26.8 Å². The lowest BCUT2D eigenvalue weighted by molar-refractivity contribution is -0.384. The van der Waals surface area contributed by atoms with Crippen molar-refractivity contribution < 1.29 is 29.1 Å². The van der Waals surface area contributed by atoms with Crippen LogP contribution in [0.3, 0.4) is 0 Å². The molecule has 28 heavy (non-hydrogen) atoms. The van der Waals surface area contributed by atoms with Gasteiger partial charge in [-0.25, -0.2) is 9.59 Å². The third-order valence-corrected chi connectivity index (χ3v) is 4.25. The van der Waals surface area contributed by atoms with Gasteiger partial charge in [-0.3, -0.25) is 10.1 Å². The Labute approximate surface area is 162 Å². The van der Waals surface area contributed by atoms with E-state index >= 15 is 0 Å². The number of ether oxygens (including phenoxy) is 2. The largest absolute Gasteiger partial charge is 0.465 e. The van der Waals surface area contributed by atoms with Crippen LogP contribution in [0.2, 0.25) is 0 Å². The first-order valence-corrected chi connectivity index (χ1v) is 8.79. The minimum absolute atomic E-state index is 0.0286. The van der Waals surface area contributed by atoms with E-state index in [0.717, 1.165) is 6.07 Å². The van der Waals surface area contributed by atoms with E-state index in [1.807, 2.05) is 0 Å². The van der Waals surface area contributed by atoms with Crippen LogP contribution >= 0.6 is 0 Å². The van der Waals surface area contributed by atoms with Crippen molar-refractivity contribution in [3.63, 3.8) is 0 Å². The molecule has 0 radical (unpaired) electrons. The number of carbonyl (C=O) groups is 2. The molecule has 1 aliphatic heterocycles. The van der Waals surface area contributed by atoms with Crippen molar-refractivity contribution >= 4 is 23.4 Å². The fourth-order valence-electron chi connectivity index (χ4n) is 2.98. The molecule has 10 heteroatoms. The Kier molecular flexibility index (Phi) is 6.45. The number of nitrogens with zero attached hydrogens (tertiary/aromatic N) is 3. The second-order valence-corrected chi connectivity index (χ2v) is 7.41. The molecule has 1 heterocycles. The molecule has 0 aromatic heterocycles. The Balaban J connectivity index is 2.29. The highest BCUT2D eigenvalue weighted by Gasteiger charge is 2.34. The van der Waals surface area contributed by atoms with E-state index in [2.05, 4.69) is 0 Å². The zero-order valence-corrected chi connectivity index (χ0v) is 16.4. The third-order valence-electron chi connectivity index (χ3n) is 4.25. The van der Waals surface area contributed by atoms with Gasteiger partial charge in [-0.1, -0.05) is 0 Å². The van der Waals surface area contributed by atoms with Gasteiger partial charge in [0.25, 0.3) is 5.69 Å². The van der Waals surface area contributed by atoms with Gasteiger partial charge in [0.2, 0.25) is 0 Å². The molecule has 1 N–H and O–H groups in total. The Bertz CT molecular complexity index is 760. The Morgan fingerprint density at radius 1 is 1.32 bits per heavy atom. The fraction of sp³-hybridized carbons (Fsp3) is 0.556. The number of rotatable bonds is 4. The van der Waals surface area contributed by atoms with Crippen molar-refractivity contribution in [3.05, 3.63) is 33.9 Å². The number of carbonyl (C=O) groups excluding carboxylic acids is 2. The molecular formula is C18H25N3O7. The number of nitro benzene ring substituents is 1. The van der Waals surface area contributed by atoms with Crippen molar-refractivity contribution in [2.75, 3.05) is 38.3 Å². The summed E-state index contributed by atoms with van der Waals surface area (Å²) in [6.07, 6.45) is -0.484. The van der Waals surface area contributed by atoms with E-state index in [-0.39, 0.29) is 24.4 Å². The number of aliphatic hydroxyl groups is 1. The molecule has 154 valence electrons.